The lowest BCUT2D eigenvalue weighted by atomic mass is 9.87. The number of imidazole rings is 1. The Morgan fingerprint density at radius 2 is 1.16 bits per heavy atom. The van der Waals surface area contributed by atoms with E-state index in [9.17, 15) is 14.4 Å². The van der Waals surface area contributed by atoms with Crippen molar-refractivity contribution in [2.75, 3.05) is 0 Å². The minimum atomic E-state index is -1.000. The Labute approximate surface area is 299 Å². The normalized spacial score (nSPS) is 10.3. The summed E-state index contributed by atoms with van der Waals surface area (Å²) in [6, 6.07) is 33.1. The fourth-order valence-electron chi connectivity index (χ4n) is 4.14. The largest absolute Gasteiger partial charge is 0.478 e. The summed E-state index contributed by atoms with van der Waals surface area (Å²) < 4.78 is 0. The van der Waals surface area contributed by atoms with Crippen LogP contribution in [0.1, 0.15) is 68.8 Å². The summed E-state index contributed by atoms with van der Waals surface area (Å²) in [7, 11) is 2.47. The van der Waals surface area contributed by atoms with Gasteiger partial charge in [0.2, 0.25) is 0 Å². The fourth-order valence-corrected chi connectivity index (χ4v) is 6.49. The summed E-state index contributed by atoms with van der Waals surface area (Å²) >= 11 is 0. The molecule has 0 bridgehead atoms. The third kappa shape index (κ3) is 12.6. The van der Waals surface area contributed by atoms with Crippen molar-refractivity contribution in [2.45, 2.75) is 49.8 Å². The second kappa shape index (κ2) is 19.0. The minimum absolute atomic E-state index is 0.206. The Hall–Kier alpha value is -5.39. The van der Waals surface area contributed by atoms with Crippen LogP contribution in [0.25, 0.3) is 11.0 Å². The Bertz CT molecular complexity index is 1920. The van der Waals surface area contributed by atoms with Crippen molar-refractivity contribution in [1.29, 1.82) is 0 Å². The molecule has 0 aliphatic heterocycles. The van der Waals surface area contributed by atoms with Crippen LogP contribution in [0.2, 0.25) is 0 Å². The molecule has 0 amide bonds. The Morgan fingerprint density at radius 1 is 0.640 bits per heavy atom. The molecule has 4 aromatic carbocycles. The molecule has 0 aliphatic rings. The van der Waals surface area contributed by atoms with Gasteiger partial charge in [-0.15, -0.1) is 0 Å². The Kier molecular flexibility index (Phi) is 14.8. The molecule has 2 aromatic heterocycles. The van der Waals surface area contributed by atoms with E-state index in [4.69, 9.17) is 15.3 Å². The predicted molar refractivity (Wildman–Crippen MR) is 200 cm³/mol. The van der Waals surface area contributed by atoms with Gasteiger partial charge in [-0.2, -0.15) is 0 Å². The lowest BCUT2D eigenvalue weighted by molar-refractivity contribution is 0.0682. The van der Waals surface area contributed by atoms with E-state index in [0.29, 0.717) is 9.79 Å². The number of fused-ring (bicyclic) bond motifs is 1. The van der Waals surface area contributed by atoms with E-state index in [0.717, 1.165) is 16.9 Å². The van der Waals surface area contributed by atoms with Gasteiger partial charge in [0.1, 0.15) is 5.82 Å². The number of pyridine rings is 1. The zero-order valence-corrected chi connectivity index (χ0v) is 30.0. The van der Waals surface area contributed by atoms with Crippen molar-refractivity contribution in [3.63, 3.8) is 0 Å². The molecule has 0 fully saturated rings. The van der Waals surface area contributed by atoms with E-state index in [1.165, 1.54) is 63.3 Å². The summed E-state index contributed by atoms with van der Waals surface area (Å²) in [5.41, 5.74) is 5.81. The molecule has 6 rings (SSSR count). The van der Waals surface area contributed by atoms with Gasteiger partial charge in [0.15, 0.2) is 0 Å². The van der Waals surface area contributed by atoms with E-state index in [1.54, 1.807) is 42.5 Å². The molecule has 0 unspecified atom stereocenters. The molecule has 0 saturated heterocycles. The van der Waals surface area contributed by atoms with Crippen LogP contribution in [0.4, 0.5) is 0 Å². The molecule has 0 atom stereocenters. The Morgan fingerprint density at radius 3 is 1.60 bits per heavy atom. The molecule has 6 aromatic rings. The molecule has 258 valence electrons. The summed E-state index contributed by atoms with van der Waals surface area (Å²) in [6.45, 7) is 10.8. The molecular weight excluding hydrogens is 671 g/mol. The second-order valence-corrected chi connectivity index (χ2v) is 14.0. The van der Waals surface area contributed by atoms with E-state index in [1.807, 2.05) is 31.2 Å². The number of H-pyrrole nitrogens is 1. The van der Waals surface area contributed by atoms with E-state index >= 15 is 0 Å². The van der Waals surface area contributed by atoms with Gasteiger partial charge in [-0.3, -0.25) is 4.98 Å². The van der Waals surface area contributed by atoms with Crippen molar-refractivity contribution in [1.82, 2.24) is 15.0 Å². The summed E-state index contributed by atoms with van der Waals surface area (Å²) in [5, 5.41) is 26.5. The maximum absolute atomic E-state index is 11.1. The first-order valence-electron chi connectivity index (χ1n) is 15.4. The molecule has 0 saturated carbocycles. The monoisotopic (exact) mass is 709 g/mol. The third-order valence-electron chi connectivity index (χ3n) is 6.79. The first-order chi connectivity index (χ1) is 23.8. The number of benzene rings is 4. The highest BCUT2D eigenvalue weighted by atomic mass is 33.1. The summed E-state index contributed by atoms with van der Waals surface area (Å²) in [6.07, 6.45) is 2.84. The van der Waals surface area contributed by atoms with Crippen LogP contribution in [0.15, 0.2) is 131 Å². The molecular formula is C39H39N3O6S2. The number of nitrogens with one attached hydrogen (secondary N) is 1. The second-order valence-electron chi connectivity index (χ2n) is 11.8. The quantitative estimate of drug-likeness (QED) is 0.123. The number of aryl methyl sites for hydroxylation is 2. The number of nitrogens with zero attached hydrogens (tertiary/aromatic N) is 2. The summed E-state index contributed by atoms with van der Waals surface area (Å²) in [5.74, 6) is -1.97. The number of aromatic amines is 1. The molecule has 0 aliphatic carbocycles. The highest BCUT2D eigenvalue weighted by Crippen LogP contribution is 2.40. The van der Waals surface area contributed by atoms with E-state index < -0.39 is 17.9 Å². The number of para-hydroxylation sites is 2. The lowest BCUT2D eigenvalue weighted by Gasteiger charge is -2.18. The van der Waals surface area contributed by atoms with E-state index in [-0.39, 0.29) is 22.1 Å². The van der Waals surface area contributed by atoms with Crippen molar-refractivity contribution < 1.29 is 29.7 Å². The topological polar surface area (TPSA) is 153 Å². The molecule has 11 heteroatoms. The number of carbonyl (C=O) groups is 3. The van der Waals surface area contributed by atoms with Crippen LogP contribution in [0, 0.1) is 13.8 Å². The number of hydrogen-bond acceptors (Lipinski definition) is 7. The number of hydrogen-bond donors (Lipinski definition) is 4. The van der Waals surface area contributed by atoms with Gasteiger partial charge in [-0.05, 0) is 73.4 Å². The first-order valence-corrected chi connectivity index (χ1v) is 17.5. The fraction of sp³-hybridized carbons (Fsp3) is 0.154. The molecule has 4 N–H and O–H groups in total. The van der Waals surface area contributed by atoms with Crippen LogP contribution < -0.4 is 0 Å². The van der Waals surface area contributed by atoms with Gasteiger partial charge >= 0.3 is 17.9 Å². The van der Waals surface area contributed by atoms with Gasteiger partial charge in [0.25, 0.3) is 0 Å². The maximum Gasteiger partial charge on any atom is 0.337 e. The smallest absolute Gasteiger partial charge is 0.337 e. The Balaban J connectivity index is 0.000000192. The van der Waals surface area contributed by atoms with Crippen LogP contribution in [0.5, 0.6) is 0 Å². The van der Waals surface area contributed by atoms with Gasteiger partial charge in [-0.25, -0.2) is 19.4 Å². The third-order valence-corrected chi connectivity index (χ3v) is 9.27. The standard InChI is InChI=1S/C14H10O4S2.C11H16.C8H8N2.C6H5NO2/c15-13(16)9-5-1-3-7-11(9)19-20-12-8-4-2-6-10(12)14(17)18;1-9-5-7-10(8-6-9)11(2,3)4;1-6-9-7-4-2-3-5-8(7)10-6;8-6(9)5-2-1-3-7-4-5/h1-8H,(H,15,16)(H,17,18);5-8H,1-4H3;2-5H,1H3,(H,9,10);1-4H,(H,8,9). The average molecular weight is 710 g/mol. The number of rotatable bonds is 6. The van der Waals surface area contributed by atoms with E-state index in [2.05, 4.69) is 66.9 Å². The number of aromatic carboxylic acids is 3. The highest BCUT2D eigenvalue weighted by Gasteiger charge is 2.14. The van der Waals surface area contributed by atoms with Crippen molar-refractivity contribution in [3.05, 3.63) is 155 Å². The number of carboxylic acids is 3. The molecule has 0 spiro atoms. The van der Waals surface area contributed by atoms with Crippen molar-refractivity contribution in [3.8, 4) is 0 Å². The first kappa shape index (κ1) is 39.1. The zero-order valence-electron chi connectivity index (χ0n) is 28.3. The molecule has 50 heavy (non-hydrogen) atoms. The van der Waals surface area contributed by atoms with Crippen LogP contribution >= 0.6 is 21.6 Å². The molecule has 9 nitrogen and oxygen atoms in total. The van der Waals surface area contributed by atoms with Gasteiger partial charge in [-0.1, -0.05) is 109 Å². The predicted octanol–water partition coefficient (Wildman–Crippen LogP) is 9.83. The van der Waals surface area contributed by atoms with Crippen LogP contribution in [0.3, 0.4) is 0 Å². The van der Waals surface area contributed by atoms with Crippen LogP contribution in [-0.2, 0) is 5.41 Å². The number of aromatic nitrogens is 3. The average Bonchev–Trinajstić information content (AvgIpc) is 3.48. The van der Waals surface area contributed by atoms with Gasteiger partial charge in [0, 0.05) is 22.2 Å². The number of carboxylic acid groups (broad SMARTS) is 3. The van der Waals surface area contributed by atoms with Gasteiger partial charge < -0.3 is 20.3 Å². The minimum Gasteiger partial charge on any atom is -0.478 e. The molecule has 0 radical (unpaired) electrons. The maximum atomic E-state index is 11.1. The van der Waals surface area contributed by atoms with Crippen molar-refractivity contribution >= 4 is 50.5 Å². The van der Waals surface area contributed by atoms with Crippen molar-refractivity contribution in [2.24, 2.45) is 0 Å². The highest BCUT2D eigenvalue weighted by molar-refractivity contribution is 8.76. The lowest BCUT2D eigenvalue weighted by Crippen LogP contribution is -2.10. The summed E-state index contributed by atoms with van der Waals surface area (Å²) in [4.78, 5) is 44.6. The van der Waals surface area contributed by atoms with Crippen LogP contribution in [-0.4, -0.2) is 48.2 Å². The molecule has 2 heterocycles. The zero-order chi connectivity index (χ0) is 36.7. The van der Waals surface area contributed by atoms with Gasteiger partial charge in [0.05, 0.1) is 27.7 Å². The SMILES string of the molecule is Cc1ccc(C(C)(C)C)cc1.Cc1nc2ccccc2[nH]1.O=C(O)c1ccccc1SSc1ccccc1C(=O)O.O=C(O)c1cccnc1.